The van der Waals surface area contributed by atoms with Gasteiger partial charge in [-0.05, 0) is 13.8 Å². The predicted molar refractivity (Wildman–Crippen MR) is 68.8 cm³/mol. The van der Waals surface area contributed by atoms with Crippen LogP contribution in [-0.2, 0) is 0 Å². The van der Waals surface area contributed by atoms with Gasteiger partial charge in [0.25, 0.3) is 0 Å². The van der Waals surface area contributed by atoms with Gasteiger partial charge in [-0.3, -0.25) is 0 Å². The maximum atomic E-state index is 9.50. The molecular weight excluding hydrogens is 232 g/mol. The molecular formula is C12H18N4O2. The molecule has 2 heterocycles. The fourth-order valence-electron chi connectivity index (χ4n) is 1.93. The van der Waals surface area contributed by atoms with E-state index in [1.807, 2.05) is 37.9 Å². The van der Waals surface area contributed by atoms with Gasteiger partial charge in [-0.1, -0.05) is 0 Å². The molecule has 6 heteroatoms. The first-order valence-corrected chi connectivity index (χ1v) is 5.85. The molecule has 0 amide bonds. The first-order chi connectivity index (χ1) is 8.51. The van der Waals surface area contributed by atoms with Crippen molar-refractivity contribution in [3.63, 3.8) is 0 Å². The van der Waals surface area contributed by atoms with Crippen molar-refractivity contribution in [1.29, 1.82) is 0 Å². The lowest BCUT2D eigenvalue weighted by Crippen LogP contribution is -2.32. The lowest BCUT2D eigenvalue weighted by molar-refractivity contribution is 0.101. The maximum Gasteiger partial charge on any atom is 0.157 e. The Morgan fingerprint density at radius 1 is 1.33 bits per heavy atom. The third kappa shape index (κ3) is 2.44. The minimum absolute atomic E-state index is 0.254. The summed E-state index contributed by atoms with van der Waals surface area (Å²) in [6.45, 7) is 3.92. The quantitative estimate of drug-likeness (QED) is 0.807. The molecule has 18 heavy (non-hydrogen) atoms. The summed E-state index contributed by atoms with van der Waals surface area (Å²) in [5, 5.41) is 22.8. The molecule has 6 nitrogen and oxygen atoms in total. The highest BCUT2D eigenvalue weighted by atomic mass is 16.3. The van der Waals surface area contributed by atoms with Crippen LogP contribution in [0.15, 0.2) is 12.1 Å². The second kappa shape index (κ2) is 4.91. The molecule has 0 spiro atoms. The smallest absolute Gasteiger partial charge is 0.157 e. The van der Waals surface area contributed by atoms with Crippen LogP contribution in [0.4, 0.5) is 5.82 Å². The van der Waals surface area contributed by atoms with Crippen LogP contribution in [0.25, 0.3) is 5.65 Å². The number of rotatable bonds is 4. The summed E-state index contributed by atoms with van der Waals surface area (Å²) in [5.74, 6) is 0.845. The van der Waals surface area contributed by atoms with E-state index in [1.165, 1.54) is 0 Å². The summed E-state index contributed by atoms with van der Waals surface area (Å²) in [7, 11) is 1.85. The van der Waals surface area contributed by atoms with E-state index in [4.69, 9.17) is 5.11 Å². The minimum Gasteiger partial charge on any atom is -0.394 e. The molecule has 0 fully saturated rings. The number of aromatic nitrogens is 3. The van der Waals surface area contributed by atoms with Crippen molar-refractivity contribution in [2.24, 2.45) is 0 Å². The number of aliphatic hydroxyl groups excluding tert-OH is 2. The van der Waals surface area contributed by atoms with Crippen molar-refractivity contribution in [3.05, 3.63) is 23.5 Å². The Hall–Kier alpha value is -1.66. The van der Waals surface area contributed by atoms with Crippen LogP contribution < -0.4 is 4.90 Å². The van der Waals surface area contributed by atoms with Gasteiger partial charge in [0.15, 0.2) is 5.65 Å². The molecule has 0 saturated heterocycles. The monoisotopic (exact) mass is 250 g/mol. The van der Waals surface area contributed by atoms with Crippen molar-refractivity contribution in [1.82, 2.24) is 14.6 Å². The highest BCUT2D eigenvalue weighted by Crippen LogP contribution is 2.17. The van der Waals surface area contributed by atoms with E-state index < -0.39 is 6.10 Å². The van der Waals surface area contributed by atoms with Crippen molar-refractivity contribution in [2.75, 3.05) is 25.1 Å². The first kappa shape index (κ1) is 12.8. The van der Waals surface area contributed by atoms with Gasteiger partial charge >= 0.3 is 0 Å². The van der Waals surface area contributed by atoms with Crippen molar-refractivity contribution < 1.29 is 10.2 Å². The fraction of sp³-hybridized carbons (Fsp3) is 0.500. The second-order valence-electron chi connectivity index (χ2n) is 4.53. The SMILES string of the molecule is Cc1cc(N(C)C[C@@H](O)CO)n2nc(C)cc2n1. The Morgan fingerprint density at radius 2 is 2.06 bits per heavy atom. The average Bonchev–Trinajstić information content (AvgIpc) is 2.67. The van der Waals surface area contributed by atoms with E-state index in [0.717, 1.165) is 22.9 Å². The number of nitrogens with zero attached hydrogens (tertiary/aromatic N) is 4. The first-order valence-electron chi connectivity index (χ1n) is 5.85. The highest BCUT2D eigenvalue weighted by molar-refractivity contribution is 5.51. The molecule has 98 valence electrons. The van der Waals surface area contributed by atoms with Crippen LogP contribution in [0.5, 0.6) is 0 Å². The fourth-order valence-corrected chi connectivity index (χ4v) is 1.93. The Balaban J connectivity index is 2.42. The molecule has 0 aliphatic carbocycles. The summed E-state index contributed by atoms with van der Waals surface area (Å²) in [4.78, 5) is 6.26. The maximum absolute atomic E-state index is 9.50. The standard InChI is InChI=1S/C12H18N4O2/c1-8-5-12(15(3)6-10(18)7-17)16-11(13-8)4-9(2)14-16/h4-5,10,17-18H,6-7H2,1-3H3/t10-/m1/s1. The molecule has 2 N–H and O–H groups in total. The van der Waals surface area contributed by atoms with Crippen LogP contribution in [0.1, 0.15) is 11.4 Å². The number of hydrogen-bond acceptors (Lipinski definition) is 5. The molecule has 0 aromatic carbocycles. The molecule has 0 saturated carbocycles. The number of aliphatic hydroxyl groups is 2. The Morgan fingerprint density at radius 3 is 2.72 bits per heavy atom. The predicted octanol–water partition coefficient (Wildman–Crippen LogP) is 0.136. The lowest BCUT2D eigenvalue weighted by atomic mass is 10.3. The van der Waals surface area contributed by atoms with E-state index >= 15 is 0 Å². The number of fused-ring (bicyclic) bond motifs is 1. The van der Waals surface area contributed by atoms with E-state index in [1.54, 1.807) is 4.52 Å². The third-order valence-electron chi connectivity index (χ3n) is 2.75. The van der Waals surface area contributed by atoms with Gasteiger partial charge in [0, 0.05) is 31.4 Å². The zero-order chi connectivity index (χ0) is 13.3. The number of anilines is 1. The Kier molecular flexibility index (Phi) is 3.49. The summed E-state index contributed by atoms with van der Waals surface area (Å²) in [6.07, 6.45) is -0.768. The summed E-state index contributed by atoms with van der Waals surface area (Å²) in [5.41, 5.74) is 2.57. The topological polar surface area (TPSA) is 73.9 Å². The van der Waals surface area contributed by atoms with Gasteiger partial charge < -0.3 is 15.1 Å². The van der Waals surface area contributed by atoms with Crippen LogP contribution >= 0.6 is 0 Å². The molecule has 2 rings (SSSR count). The number of aryl methyl sites for hydroxylation is 2. The molecule has 0 radical (unpaired) electrons. The number of hydrogen-bond donors (Lipinski definition) is 2. The van der Waals surface area contributed by atoms with Gasteiger partial charge in [-0.25, -0.2) is 4.98 Å². The molecule has 2 aromatic heterocycles. The highest BCUT2D eigenvalue weighted by Gasteiger charge is 2.13. The Bertz CT molecular complexity index is 552. The summed E-state index contributed by atoms with van der Waals surface area (Å²) >= 11 is 0. The van der Waals surface area contributed by atoms with Crippen LogP contribution in [0.2, 0.25) is 0 Å². The normalized spacial score (nSPS) is 12.9. The molecule has 0 unspecified atom stereocenters. The molecule has 0 bridgehead atoms. The van der Waals surface area contributed by atoms with Gasteiger partial charge in [0.05, 0.1) is 18.4 Å². The minimum atomic E-state index is -0.768. The zero-order valence-corrected chi connectivity index (χ0v) is 10.8. The van der Waals surface area contributed by atoms with Gasteiger partial charge in [-0.15, -0.1) is 0 Å². The van der Waals surface area contributed by atoms with E-state index in [2.05, 4.69) is 10.1 Å². The van der Waals surface area contributed by atoms with Crippen molar-refractivity contribution in [2.45, 2.75) is 20.0 Å². The zero-order valence-electron chi connectivity index (χ0n) is 10.8. The molecule has 0 aliphatic heterocycles. The summed E-state index contributed by atoms with van der Waals surface area (Å²) in [6, 6.07) is 3.82. The van der Waals surface area contributed by atoms with E-state index in [0.29, 0.717) is 6.54 Å². The molecule has 2 aromatic rings. The van der Waals surface area contributed by atoms with E-state index in [9.17, 15) is 5.11 Å². The van der Waals surface area contributed by atoms with Gasteiger partial charge in [0.2, 0.25) is 0 Å². The van der Waals surface area contributed by atoms with Crippen molar-refractivity contribution in [3.8, 4) is 0 Å². The second-order valence-corrected chi connectivity index (χ2v) is 4.53. The van der Waals surface area contributed by atoms with Crippen molar-refractivity contribution >= 4 is 11.5 Å². The largest absolute Gasteiger partial charge is 0.394 e. The lowest BCUT2D eigenvalue weighted by Gasteiger charge is -2.22. The van der Waals surface area contributed by atoms with Crippen LogP contribution in [-0.4, -0.2) is 51.1 Å². The third-order valence-corrected chi connectivity index (χ3v) is 2.75. The number of likely N-dealkylation sites (N-methyl/N-ethyl adjacent to an activating group) is 1. The molecule has 0 aliphatic rings. The summed E-state index contributed by atoms with van der Waals surface area (Å²) < 4.78 is 1.74. The van der Waals surface area contributed by atoms with Crippen LogP contribution in [0, 0.1) is 13.8 Å². The van der Waals surface area contributed by atoms with Gasteiger partial charge in [0.1, 0.15) is 5.82 Å². The Labute approximate surface area is 105 Å². The average molecular weight is 250 g/mol. The van der Waals surface area contributed by atoms with Gasteiger partial charge in [-0.2, -0.15) is 9.61 Å². The van der Waals surface area contributed by atoms with E-state index in [-0.39, 0.29) is 6.61 Å². The van der Waals surface area contributed by atoms with Crippen LogP contribution in [0.3, 0.4) is 0 Å². The molecule has 1 atom stereocenters.